The van der Waals surface area contributed by atoms with Crippen LogP contribution in [0.1, 0.15) is 6.92 Å². The van der Waals surface area contributed by atoms with Gasteiger partial charge in [0.2, 0.25) is 0 Å². The van der Waals surface area contributed by atoms with Crippen molar-refractivity contribution in [2.24, 2.45) is 5.16 Å². The second-order valence-corrected chi connectivity index (χ2v) is 1.98. The molecular weight excluding hydrogens is 187 g/mol. The molecule has 0 bridgehead atoms. The van der Waals surface area contributed by atoms with Gasteiger partial charge in [0.1, 0.15) is 7.11 Å². The lowest BCUT2D eigenvalue weighted by atomic mass is 10.1. The van der Waals surface area contributed by atoms with Crippen LogP contribution >= 0.6 is 0 Å². The minimum Gasteiger partial charge on any atom is -0.399 e. The highest BCUT2D eigenvalue weighted by atomic mass is 19.4. The normalized spacial score (nSPS) is 14.2. The first-order valence-corrected chi connectivity index (χ1v) is 3.27. The highest BCUT2D eigenvalue weighted by molar-refractivity contribution is 6.17. The average Bonchev–Trinajstić information content (AvgIpc) is 2.03. The summed E-state index contributed by atoms with van der Waals surface area (Å²) in [6, 6.07) is 0. The lowest BCUT2D eigenvalue weighted by Gasteiger charge is -2.07. The minimum absolute atomic E-state index is 0.0747. The highest BCUT2D eigenvalue weighted by Crippen LogP contribution is 2.21. The average molecular weight is 195 g/mol. The fraction of sp³-hybridized carbons (Fsp3) is 0.429. The van der Waals surface area contributed by atoms with Gasteiger partial charge in [-0.05, 0) is 6.92 Å². The van der Waals surface area contributed by atoms with Gasteiger partial charge in [0.15, 0.2) is 12.0 Å². The molecule has 0 heterocycles. The number of hydrogen-bond donors (Lipinski definition) is 0. The number of rotatable bonds is 3. The Morgan fingerprint density at radius 2 is 2.00 bits per heavy atom. The van der Waals surface area contributed by atoms with Gasteiger partial charge in [-0.3, -0.25) is 4.79 Å². The van der Waals surface area contributed by atoms with E-state index in [1.807, 2.05) is 0 Å². The third-order valence-electron chi connectivity index (χ3n) is 1.16. The maximum Gasteiger partial charge on any atom is 0.437 e. The fourth-order valence-corrected chi connectivity index (χ4v) is 0.620. The number of alkyl halides is 3. The van der Waals surface area contributed by atoms with Crippen LogP contribution in [0, 0.1) is 0 Å². The van der Waals surface area contributed by atoms with Crippen molar-refractivity contribution in [3.05, 3.63) is 11.6 Å². The van der Waals surface area contributed by atoms with Gasteiger partial charge in [-0.25, -0.2) is 0 Å². The monoisotopic (exact) mass is 195 g/mol. The second-order valence-electron chi connectivity index (χ2n) is 1.98. The Labute approximate surface area is 72.9 Å². The molecule has 0 aromatic heterocycles. The maximum absolute atomic E-state index is 12.1. The van der Waals surface area contributed by atoms with E-state index in [0.717, 1.165) is 13.2 Å². The number of nitrogens with zero attached hydrogens (tertiary/aromatic N) is 1. The van der Waals surface area contributed by atoms with E-state index in [1.54, 1.807) is 0 Å². The van der Waals surface area contributed by atoms with Gasteiger partial charge in [0, 0.05) is 5.57 Å². The molecule has 0 aliphatic rings. The number of halogens is 3. The van der Waals surface area contributed by atoms with Crippen LogP contribution in [0.2, 0.25) is 0 Å². The Kier molecular flexibility index (Phi) is 4.16. The van der Waals surface area contributed by atoms with E-state index in [1.165, 1.54) is 6.92 Å². The number of carbonyl (C=O) groups excluding carboxylic acids is 1. The molecule has 0 aromatic rings. The largest absolute Gasteiger partial charge is 0.437 e. The molecule has 0 unspecified atom stereocenters. The summed E-state index contributed by atoms with van der Waals surface area (Å²) >= 11 is 0. The van der Waals surface area contributed by atoms with Crippen molar-refractivity contribution < 1.29 is 22.8 Å². The first kappa shape index (κ1) is 11.7. The van der Waals surface area contributed by atoms with E-state index in [0.29, 0.717) is 0 Å². The van der Waals surface area contributed by atoms with Crippen molar-refractivity contribution in [1.82, 2.24) is 0 Å². The van der Waals surface area contributed by atoms with Crippen LogP contribution in [0.25, 0.3) is 0 Å². The Balaban J connectivity index is 5.05. The fourth-order valence-electron chi connectivity index (χ4n) is 0.620. The topological polar surface area (TPSA) is 38.7 Å². The Hall–Kier alpha value is -1.33. The predicted molar refractivity (Wildman–Crippen MR) is 40.3 cm³/mol. The molecule has 0 aromatic carbocycles. The summed E-state index contributed by atoms with van der Waals surface area (Å²) < 4.78 is 36.4. The molecule has 0 N–H and O–H groups in total. The summed E-state index contributed by atoms with van der Waals surface area (Å²) in [4.78, 5) is 14.2. The molecule has 74 valence electrons. The number of aldehydes is 1. The van der Waals surface area contributed by atoms with Gasteiger partial charge in [0.05, 0.1) is 0 Å². The van der Waals surface area contributed by atoms with Crippen LogP contribution in [0.15, 0.2) is 16.8 Å². The molecule has 0 saturated carbocycles. The Morgan fingerprint density at radius 3 is 2.23 bits per heavy atom. The first-order chi connectivity index (χ1) is 5.97. The second kappa shape index (κ2) is 4.64. The molecule has 0 spiro atoms. The van der Waals surface area contributed by atoms with Crippen LogP contribution < -0.4 is 0 Å². The van der Waals surface area contributed by atoms with Gasteiger partial charge >= 0.3 is 6.18 Å². The summed E-state index contributed by atoms with van der Waals surface area (Å²) in [6.07, 6.45) is -3.59. The van der Waals surface area contributed by atoms with E-state index >= 15 is 0 Å². The lowest BCUT2D eigenvalue weighted by Crippen LogP contribution is -2.25. The summed E-state index contributed by atoms with van der Waals surface area (Å²) in [7, 11) is 0.976. The summed E-state index contributed by atoms with van der Waals surface area (Å²) in [5.74, 6) is 0. The van der Waals surface area contributed by atoms with Gasteiger partial charge in [-0.1, -0.05) is 11.2 Å². The van der Waals surface area contributed by atoms with Crippen molar-refractivity contribution in [2.75, 3.05) is 7.11 Å². The third kappa shape index (κ3) is 3.27. The van der Waals surface area contributed by atoms with Crippen molar-refractivity contribution in [3.8, 4) is 0 Å². The first-order valence-electron chi connectivity index (χ1n) is 3.27. The van der Waals surface area contributed by atoms with Crippen LogP contribution in [0.3, 0.4) is 0 Å². The van der Waals surface area contributed by atoms with Crippen molar-refractivity contribution >= 4 is 12.0 Å². The minimum atomic E-state index is -4.68. The van der Waals surface area contributed by atoms with Crippen molar-refractivity contribution in [1.29, 1.82) is 0 Å². The quantitative estimate of drug-likeness (QED) is 0.297. The van der Waals surface area contributed by atoms with Gasteiger partial charge in [0.25, 0.3) is 0 Å². The van der Waals surface area contributed by atoms with Gasteiger partial charge in [-0.2, -0.15) is 13.2 Å². The smallest absolute Gasteiger partial charge is 0.399 e. The van der Waals surface area contributed by atoms with E-state index < -0.39 is 17.5 Å². The Morgan fingerprint density at radius 1 is 1.46 bits per heavy atom. The molecule has 0 amide bonds. The lowest BCUT2D eigenvalue weighted by molar-refractivity contribution is -0.105. The van der Waals surface area contributed by atoms with Gasteiger partial charge in [-0.15, -0.1) is 0 Å². The number of oxime groups is 1. The van der Waals surface area contributed by atoms with E-state index in [9.17, 15) is 18.0 Å². The molecule has 0 radical (unpaired) electrons. The number of hydrogen-bond acceptors (Lipinski definition) is 3. The standard InChI is InChI=1S/C7H8F3NO2/c1-3-5(4-12)6(11-13-2)7(8,9)10/h3-4H,1-2H3/b5-3-,11-6+. The molecule has 0 atom stereocenters. The van der Waals surface area contributed by atoms with Crippen LogP contribution in [-0.2, 0) is 9.63 Å². The number of allylic oxidation sites excluding steroid dienone is 2. The van der Waals surface area contributed by atoms with Gasteiger partial charge < -0.3 is 4.84 Å². The number of carbonyl (C=O) groups is 1. The molecule has 3 nitrogen and oxygen atoms in total. The molecular formula is C7H8F3NO2. The highest BCUT2D eigenvalue weighted by Gasteiger charge is 2.38. The van der Waals surface area contributed by atoms with E-state index in [4.69, 9.17) is 0 Å². The zero-order valence-electron chi connectivity index (χ0n) is 7.05. The van der Waals surface area contributed by atoms with Crippen LogP contribution in [-0.4, -0.2) is 25.3 Å². The SMILES string of the molecule is C/C=C(C=O)\C(=N/OC)C(F)(F)F. The Bertz CT molecular complexity index is 243. The zero-order chi connectivity index (χ0) is 10.5. The molecule has 6 heteroatoms. The van der Waals surface area contributed by atoms with E-state index in [2.05, 4.69) is 9.99 Å². The molecule has 0 aliphatic heterocycles. The van der Waals surface area contributed by atoms with Crippen molar-refractivity contribution in [2.45, 2.75) is 13.1 Å². The molecule has 0 rings (SSSR count). The summed E-state index contributed by atoms with van der Waals surface area (Å²) in [6.45, 7) is 1.31. The summed E-state index contributed by atoms with van der Waals surface area (Å²) in [5, 5.41) is 2.73. The van der Waals surface area contributed by atoms with Crippen LogP contribution in [0.4, 0.5) is 13.2 Å². The third-order valence-corrected chi connectivity index (χ3v) is 1.16. The van der Waals surface area contributed by atoms with Crippen molar-refractivity contribution in [3.63, 3.8) is 0 Å². The molecule has 13 heavy (non-hydrogen) atoms. The van der Waals surface area contributed by atoms with Crippen LogP contribution in [0.5, 0.6) is 0 Å². The maximum atomic E-state index is 12.1. The van der Waals surface area contributed by atoms with E-state index in [-0.39, 0.29) is 6.29 Å². The molecule has 0 aliphatic carbocycles. The zero-order valence-corrected chi connectivity index (χ0v) is 7.05. The predicted octanol–water partition coefficient (Wildman–Crippen LogP) is 1.70. The molecule has 0 saturated heterocycles. The summed E-state index contributed by atoms with van der Waals surface area (Å²) in [5.41, 5.74) is -1.87. The molecule has 0 fully saturated rings.